The van der Waals surface area contributed by atoms with Crippen molar-refractivity contribution in [3.8, 4) is 11.3 Å². The van der Waals surface area contributed by atoms with E-state index in [0.29, 0.717) is 18.0 Å². The predicted molar refractivity (Wildman–Crippen MR) is 71.6 cm³/mol. The molecule has 1 heterocycles. The molecular weight excluding hydrogens is 298 g/mol. The van der Waals surface area contributed by atoms with Gasteiger partial charge in [0.2, 0.25) is 0 Å². The number of carbonyl (C=O) groups excluding carboxylic acids is 1. The van der Waals surface area contributed by atoms with E-state index in [1.807, 2.05) is 24.3 Å². The van der Waals surface area contributed by atoms with Gasteiger partial charge in [0.1, 0.15) is 11.5 Å². The highest BCUT2D eigenvalue weighted by molar-refractivity contribution is 9.10. The van der Waals surface area contributed by atoms with E-state index < -0.39 is 6.23 Å². The molecule has 0 spiro atoms. The third kappa shape index (κ3) is 2.38. The number of rotatable bonds is 4. The number of hydrogen-bond donors (Lipinski definition) is 1. The van der Waals surface area contributed by atoms with Gasteiger partial charge in [-0.2, -0.15) is 0 Å². The number of nitrogen functional groups attached to an aromatic ring is 1. The number of nitrogens with two attached hydrogens (primary N) is 1. The van der Waals surface area contributed by atoms with Crippen LogP contribution in [0.2, 0.25) is 0 Å². The first-order chi connectivity index (χ1) is 8.63. The molecule has 6 heteroatoms. The molecule has 5 nitrogen and oxygen atoms in total. The zero-order valence-electron chi connectivity index (χ0n) is 9.71. The molecule has 0 radical (unpaired) electrons. The van der Waals surface area contributed by atoms with E-state index in [-0.39, 0.29) is 0 Å². The number of benzene rings is 1. The topological polar surface area (TPSA) is 70.1 Å². The summed E-state index contributed by atoms with van der Waals surface area (Å²) in [6.45, 7) is 2.11. The SMILES string of the molecule is CC(OC=O)n1cnc(-c2cccc(Br)c2)c1N. The van der Waals surface area contributed by atoms with Crippen molar-refractivity contribution in [2.45, 2.75) is 13.2 Å². The Bertz CT molecular complexity index is 568. The second-order valence-electron chi connectivity index (χ2n) is 3.73. The second kappa shape index (κ2) is 5.22. The van der Waals surface area contributed by atoms with Crippen molar-refractivity contribution in [1.82, 2.24) is 9.55 Å². The summed E-state index contributed by atoms with van der Waals surface area (Å²) >= 11 is 3.40. The molecule has 94 valence electrons. The molecule has 0 saturated heterocycles. The van der Waals surface area contributed by atoms with Gasteiger partial charge in [0, 0.05) is 10.0 Å². The average molecular weight is 310 g/mol. The van der Waals surface area contributed by atoms with Crippen LogP contribution in [0, 0.1) is 0 Å². The fourth-order valence-corrected chi connectivity index (χ4v) is 2.06. The normalized spacial score (nSPS) is 12.1. The first kappa shape index (κ1) is 12.6. The van der Waals surface area contributed by atoms with E-state index in [1.54, 1.807) is 17.8 Å². The van der Waals surface area contributed by atoms with Crippen molar-refractivity contribution < 1.29 is 9.53 Å². The lowest BCUT2D eigenvalue weighted by atomic mass is 10.1. The molecule has 0 saturated carbocycles. The molecule has 1 aromatic carbocycles. The molecule has 0 fully saturated rings. The largest absolute Gasteiger partial charge is 0.444 e. The van der Waals surface area contributed by atoms with Gasteiger partial charge in [-0.05, 0) is 19.1 Å². The fourth-order valence-electron chi connectivity index (χ4n) is 1.66. The maximum absolute atomic E-state index is 10.3. The zero-order valence-corrected chi connectivity index (χ0v) is 11.3. The first-order valence-electron chi connectivity index (χ1n) is 5.31. The Kier molecular flexibility index (Phi) is 3.66. The highest BCUT2D eigenvalue weighted by atomic mass is 79.9. The highest BCUT2D eigenvalue weighted by Gasteiger charge is 2.14. The Labute approximate surface area is 113 Å². The van der Waals surface area contributed by atoms with Crippen LogP contribution in [0.5, 0.6) is 0 Å². The summed E-state index contributed by atoms with van der Waals surface area (Å²) in [6.07, 6.45) is 1.08. The number of carbonyl (C=O) groups is 1. The number of hydrogen-bond acceptors (Lipinski definition) is 4. The van der Waals surface area contributed by atoms with Gasteiger partial charge in [-0.1, -0.05) is 28.1 Å². The Balaban J connectivity index is 2.39. The summed E-state index contributed by atoms with van der Waals surface area (Å²) in [5, 5.41) is 0. The van der Waals surface area contributed by atoms with E-state index in [1.165, 1.54) is 0 Å². The minimum Gasteiger partial charge on any atom is -0.444 e. The molecule has 0 amide bonds. The van der Waals surface area contributed by atoms with Gasteiger partial charge in [0.05, 0.1) is 6.33 Å². The minimum absolute atomic E-state index is 0.392. The molecule has 2 rings (SSSR count). The Hall–Kier alpha value is -1.82. The van der Waals surface area contributed by atoms with Crippen LogP contribution in [-0.4, -0.2) is 16.0 Å². The fraction of sp³-hybridized carbons (Fsp3) is 0.167. The van der Waals surface area contributed by atoms with Crippen molar-refractivity contribution >= 4 is 28.2 Å². The van der Waals surface area contributed by atoms with Gasteiger partial charge in [0.15, 0.2) is 6.23 Å². The predicted octanol–water partition coefficient (Wildman–Crippen LogP) is 2.59. The van der Waals surface area contributed by atoms with Gasteiger partial charge in [-0.15, -0.1) is 0 Å². The Morgan fingerprint density at radius 2 is 2.33 bits per heavy atom. The molecular formula is C12H12BrN3O2. The lowest BCUT2D eigenvalue weighted by Gasteiger charge is -2.12. The van der Waals surface area contributed by atoms with Gasteiger partial charge < -0.3 is 10.5 Å². The number of imidazole rings is 1. The van der Waals surface area contributed by atoms with Gasteiger partial charge >= 0.3 is 0 Å². The van der Waals surface area contributed by atoms with Crippen LogP contribution in [0.3, 0.4) is 0 Å². The van der Waals surface area contributed by atoms with Gasteiger partial charge in [-0.3, -0.25) is 9.36 Å². The number of ether oxygens (including phenoxy) is 1. The quantitative estimate of drug-likeness (QED) is 0.881. The standard InChI is InChI=1S/C12H12BrN3O2/c1-8(18-7-17)16-6-15-11(12(16)14)9-3-2-4-10(13)5-9/h2-8H,14H2,1H3. The molecule has 0 aliphatic carbocycles. The van der Waals surface area contributed by atoms with E-state index in [2.05, 4.69) is 20.9 Å². The lowest BCUT2D eigenvalue weighted by Crippen LogP contribution is -2.10. The summed E-state index contributed by atoms with van der Waals surface area (Å²) < 4.78 is 7.39. The van der Waals surface area contributed by atoms with E-state index in [0.717, 1.165) is 10.0 Å². The van der Waals surface area contributed by atoms with Crippen LogP contribution in [0.15, 0.2) is 35.1 Å². The molecule has 1 unspecified atom stereocenters. The van der Waals surface area contributed by atoms with Gasteiger partial charge in [-0.25, -0.2) is 4.98 Å². The van der Waals surface area contributed by atoms with Crippen molar-refractivity contribution in [1.29, 1.82) is 0 Å². The molecule has 2 aromatic rings. The van der Waals surface area contributed by atoms with E-state index >= 15 is 0 Å². The van der Waals surface area contributed by atoms with E-state index in [4.69, 9.17) is 10.5 Å². The third-order valence-corrected chi connectivity index (χ3v) is 3.07. The van der Waals surface area contributed by atoms with Gasteiger partial charge in [0.25, 0.3) is 6.47 Å². The van der Waals surface area contributed by atoms with Crippen molar-refractivity contribution in [2.24, 2.45) is 0 Å². The van der Waals surface area contributed by atoms with Crippen LogP contribution in [-0.2, 0) is 9.53 Å². The molecule has 0 bridgehead atoms. The second-order valence-corrected chi connectivity index (χ2v) is 4.64. The number of halogens is 1. The molecule has 2 N–H and O–H groups in total. The third-order valence-electron chi connectivity index (χ3n) is 2.57. The number of aromatic nitrogens is 2. The lowest BCUT2D eigenvalue weighted by molar-refractivity contribution is -0.136. The maximum atomic E-state index is 10.3. The molecule has 1 aromatic heterocycles. The average Bonchev–Trinajstić information content (AvgIpc) is 2.71. The summed E-state index contributed by atoms with van der Waals surface area (Å²) in [4.78, 5) is 14.6. The minimum atomic E-state index is -0.476. The van der Waals surface area contributed by atoms with Crippen molar-refractivity contribution in [2.75, 3.05) is 5.73 Å². The molecule has 0 aliphatic rings. The summed E-state index contributed by atoms with van der Waals surface area (Å²) in [5.41, 5.74) is 7.57. The van der Waals surface area contributed by atoms with E-state index in [9.17, 15) is 4.79 Å². The summed E-state index contributed by atoms with van der Waals surface area (Å²) in [7, 11) is 0. The Morgan fingerprint density at radius 3 is 3.00 bits per heavy atom. The van der Waals surface area contributed by atoms with Crippen LogP contribution in [0.4, 0.5) is 5.82 Å². The number of nitrogens with zero attached hydrogens (tertiary/aromatic N) is 2. The van der Waals surface area contributed by atoms with Crippen LogP contribution >= 0.6 is 15.9 Å². The molecule has 18 heavy (non-hydrogen) atoms. The van der Waals surface area contributed by atoms with Crippen LogP contribution < -0.4 is 5.73 Å². The Morgan fingerprint density at radius 1 is 1.56 bits per heavy atom. The van der Waals surface area contributed by atoms with Crippen LogP contribution in [0.25, 0.3) is 11.3 Å². The van der Waals surface area contributed by atoms with Crippen molar-refractivity contribution in [3.05, 3.63) is 35.1 Å². The summed E-state index contributed by atoms with van der Waals surface area (Å²) in [5.74, 6) is 0.461. The molecule has 0 aliphatic heterocycles. The number of anilines is 1. The molecule has 1 atom stereocenters. The van der Waals surface area contributed by atoms with Crippen LogP contribution in [0.1, 0.15) is 13.2 Å². The summed E-state index contributed by atoms with van der Waals surface area (Å²) in [6, 6.07) is 7.67. The monoisotopic (exact) mass is 309 g/mol. The first-order valence-corrected chi connectivity index (χ1v) is 6.10. The highest BCUT2D eigenvalue weighted by Crippen LogP contribution is 2.28. The smallest absolute Gasteiger partial charge is 0.295 e. The maximum Gasteiger partial charge on any atom is 0.295 e. The van der Waals surface area contributed by atoms with Crippen molar-refractivity contribution in [3.63, 3.8) is 0 Å². The zero-order chi connectivity index (χ0) is 13.1.